The first-order chi connectivity index (χ1) is 8.65. The molecule has 6 heteroatoms. The molecule has 96 valence electrons. The average molecular weight is 251 g/mol. The molecule has 0 spiro atoms. The van der Waals surface area contributed by atoms with Crippen LogP contribution in [0.25, 0.3) is 10.9 Å². The standard InChI is InChI=1S/C12H14FN3O2/c1-7(5-17)16-12-8-3-11(18-2)9(13)4-10(8)14-6-15-12/h3-4,6-7,17H,5H2,1-2H3,(H,14,15,16)/t7-/m0/s1. The van der Waals surface area contributed by atoms with Crippen LogP contribution in [-0.4, -0.2) is 34.8 Å². The highest BCUT2D eigenvalue weighted by Gasteiger charge is 2.11. The van der Waals surface area contributed by atoms with Crippen molar-refractivity contribution in [3.05, 3.63) is 24.3 Å². The highest BCUT2D eigenvalue weighted by atomic mass is 19.1. The van der Waals surface area contributed by atoms with Gasteiger partial charge in [0.15, 0.2) is 11.6 Å². The minimum Gasteiger partial charge on any atom is -0.494 e. The van der Waals surface area contributed by atoms with Gasteiger partial charge in [-0.25, -0.2) is 14.4 Å². The van der Waals surface area contributed by atoms with Gasteiger partial charge >= 0.3 is 0 Å². The third kappa shape index (κ3) is 2.33. The van der Waals surface area contributed by atoms with Gasteiger partial charge in [0.1, 0.15) is 12.1 Å². The highest BCUT2D eigenvalue weighted by Crippen LogP contribution is 2.27. The number of fused-ring (bicyclic) bond motifs is 1. The number of benzene rings is 1. The normalized spacial score (nSPS) is 12.4. The number of anilines is 1. The maximum atomic E-state index is 13.5. The second-order valence-corrected chi connectivity index (χ2v) is 3.95. The van der Waals surface area contributed by atoms with Gasteiger partial charge in [0.25, 0.3) is 0 Å². The molecule has 0 aliphatic carbocycles. The number of halogens is 1. The van der Waals surface area contributed by atoms with Gasteiger partial charge in [-0.05, 0) is 13.0 Å². The van der Waals surface area contributed by atoms with Crippen LogP contribution in [0.3, 0.4) is 0 Å². The third-order valence-corrected chi connectivity index (χ3v) is 2.57. The SMILES string of the molecule is COc1cc2c(N[C@@H](C)CO)ncnc2cc1F. The smallest absolute Gasteiger partial charge is 0.167 e. The van der Waals surface area contributed by atoms with Crippen molar-refractivity contribution >= 4 is 16.7 Å². The summed E-state index contributed by atoms with van der Waals surface area (Å²) in [5, 5.41) is 12.7. The van der Waals surface area contributed by atoms with E-state index in [4.69, 9.17) is 9.84 Å². The van der Waals surface area contributed by atoms with Gasteiger partial charge in [-0.15, -0.1) is 0 Å². The van der Waals surface area contributed by atoms with Gasteiger partial charge in [0.05, 0.1) is 19.2 Å². The zero-order chi connectivity index (χ0) is 13.1. The third-order valence-electron chi connectivity index (χ3n) is 2.57. The van der Waals surface area contributed by atoms with Crippen molar-refractivity contribution < 1.29 is 14.2 Å². The summed E-state index contributed by atoms with van der Waals surface area (Å²) in [7, 11) is 1.40. The molecule has 0 saturated carbocycles. The largest absolute Gasteiger partial charge is 0.494 e. The molecule has 1 atom stereocenters. The van der Waals surface area contributed by atoms with Crippen molar-refractivity contribution in [2.75, 3.05) is 19.0 Å². The molecule has 1 aromatic carbocycles. The molecule has 1 aromatic heterocycles. The van der Waals surface area contributed by atoms with Crippen LogP contribution in [0.15, 0.2) is 18.5 Å². The van der Waals surface area contributed by atoms with Crippen molar-refractivity contribution in [2.45, 2.75) is 13.0 Å². The minimum absolute atomic E-state index is 0.0240. The Morgan fingerprint density at radius 3 is 2.89 bits per heavy atom. The van der Waals surface area contributed by atoms with E-state index in [0.29, 0.717) is 16.7 Å². The van der Waals surface area contributed by atoms with E-state index in [1.165, 1.54) is 25.6 Å². The second-order valence-electron chi connectivity index (χ2n) is 3.95. The van der Waals surface area contributed by atoms with Crippen molar-refractivity contribution in [3.63, 3.8) is 0 Å². The van der Waals surface area contributed by atoms with E-state index >= 15 is 0 Å². The van der Waals surface area contributed by atoms with Crippen molar-refractivity contribution in [2.24, 2.45) is 0 Å². The lowest BCUT2D eigenvalue weighted by Gasteiger charge is -2.13. The topological polar surface area (TPSA) is 67.3 Å². The molecular formula is C12H14FN3O2. The molecule has 18 heavy (non-hydrogen) atoms. The Balaban J connectivity index is 2.53. The number of rotatable bonds is 4. The molecule has 0 saturated heterocycles. The molecule has 0 amide bonds. The zero-order valence-electron chi connectivity index (χ0n) is 10.1. The zero-order valence-corrected chi connectivity index (χ0v) is 10.1. The van der Waals surface area contributed by atoms with E-state index in [0.717, 1.165) is 0 Å². The molecule has 0 bridgehead atoms. The van der Waals surface area contributed by atoms with Crippen molar-refractivity contribution in [1.29, 1.82) is 0 Å². The Labute approximate surface area is 104 Å². The van der Waals surface area contributed by atoms with Gasteiger partial charge in [0, 0.05) is 17.5 Å². The van der Waals surface area contributed by atoms with Crippen LogP contribution < -0.4 is 10.1 Å². The molecular weight excluding hydrogens is 237 g/mol. The van der Waals surface area contributed by atoms with Gasteiger partial charge in [-0.2, -0.15) is 0 Å². The van der Waals surface area contributed by atoms with Gasteiger partial charge in [-0.1, -0.05) is 0 Å². The fraction of sp³-hybridized carbons (Fsp3) is 0.333. The van der Waals surface area contributed by atoms with Gasteiger partial charge < -0.3 is 15.2 Å². The summed E-state index contributed by atoms with van der Waals surface area (Å²) >= 11 is 0. The van der Waals surface area contributed by atoms with E-state index in [1.54, 1.807) is 0 Å². The number of methoxy groups -OCH3 is 1. The summed E-state index contributed by atoms with van der Waals surface area (Å²) in [4.78, 5) is 8.09. The monoisotopic (exact) mass is 251 g/mol. The number of nitrogens with one attached hydrogen (secondary N) is 1. The van der Waals surface area contributed by atoms with Crippen molar-refractivity contribution in [1.82, 2.24) is 9.97 Å². The molecule has 0 unspecified atom stereocenters. The molecule has 0 aliphatic heterocycles. The molecule has 2 N–H and O–H groups in total. The van der Waals surface area contributed by atoms with Crippen LogP contribution in [0.1, 0.15) is 6.92 Å². The van der Waals surface area contributed by atoms with Crippen LogP contribution in [0.5, 0.6) is 5.75 Å². The summed E-state index contributed by atoms with van der Waals surface area (Å²) in [5.74, 6) is 0.210. The van der Waals surface area contributed by atoms with Gasteiger partial charge in [-0.3, -0.25) is 0 Å². The summed E-state index contributed by atoms with van der Waals surface area (Å²) in [6.45, 7) is 1.79. The Bertz CT molecular complexity index is 562. The number of nitrogens with zero attached hydrogens (tertiary/aromatic N) is 2. The first kappa shape index (κ1) is 12.5. The quantitative estimate of drug-likeness (QED) is 0.863. The summed E-state index contributed by atoms with van der Waals surface area (Å²) in [5.41, 5.74) is 0.482. The summed E-state index contributed by atoms with van der Waals surface area (Å²) < 4.78 is 18.5. The van der Waals surface area contributed by atoms with E-state index in [1.807, 2.05) is 6.92 Å². The Kier molecular flexibility index (Phi) is 3.57. The molecule has 1 heterocycles. The molecule has 0 fully saturated rings. The second kappa shape index (κ2) is 5.14. The first-order valence-electron chi connectivity index (χ1n) is 5.51. The Morgan fingerprint density at radius 1 is 1.44 bits per heavy atom. The van der Waals surface area contributed by atoms with Crippen molar-refractivity contribution in [3.8, 4) is 5.75 Å². The lowest BCUT2D eigenvalue weighted by Crippen LogP contribution is -2.20. The minimum atomic E-state index is -0.468. The predicted molar refractivity (Wildman–Crippen MR) is 66.2 cm³/mol. The number of hydrogen-bond donors (Lipinski definition) is 2. The van der Waals surface area contributed by atoms with Crippen LogP contribution in [0.2, 0.25) is 0 Å². The predicted octanol–water partition coefficient (Wildman–Crippen LogP) is 1.57. The number of hydrogen-bond acceptors (Lipinski definition) is 5. The number of aliphatic hydroxyl groups is 1. The number of aliphatic hydroxyl groups excluding tert-OH is 1. The van der Waals surface area contributed by atoms with Crippen LogP contribution in [0.4, 0.5) is 10.2 Å². The van der Waals surface area contributed by atoms with Crippen LogP contribution in [-0.2, 0) is 0 Å². The molecule has 2 rings (SSSR count). The van der Waals surface area contributed by atoms with E-state index in [-0.39, 0.29) is 18.4 Å². The number of ether oxygens (including phenoxy) is 1. The fourth-order valence-electron chi connectivity index (χ4n) is 1.61. The van der Waals surface area contributed by atoms with E-state index < -0.39 is 5.82 Å². The lowest BCUT2D eigenvalue weighted by molar-refractivity contribution is 0.281. The first-order valence-corrected chi connectivity index (χ1v) is 5.51. The van der Waals surface area contributed by atoms with Crippen LogP contribution in [0, 0.1) is 5.82 Å². The molecule has 0 aliphatic rings. The summed E-state index contributed by atoms with van der Waals surface area (Å²) in [6, 6.07) is 2.68. The highest BCUT2D eigenvalue weighted by molar-refractivity contribution is 5.90. The fourth-order valence-corrected chi connectivity index (χ4v) is 1.61. The van der Waals surface area contributed by atoms with Gasteiger partial charge in [0.2, 0.25) is 0 Å². The maximum Gasteiger partial charge on any atom is 0.167 e. The number of aromatic nitrogens is 2. The lowest BCUT2D eigenvalue weighted by atomic mass is 10.2. The van der Waals surface area contributed by atoms with E-state index in [9.17, 15) is 4.39 Å². The maximum absolute atomic E-state index is 13.5. The molecule has 0 radical (unpaired) electrons. The summed E-state index contributed by atoms with van der Waals surface area (Å²) in [6.07, 6.45) is 1.35. The average Bonchev–Trinajstić information content (AvgIpc) is 2.38. The molecule has 5 nitrogen and oxygen atoms in total. The van der Waals surface area contributed by atoms with Crippen LogP contribution >= 0.6 is 0 Å². The Morgan fingerprint density at radius 2 is 2.22 bits per heavy atom. The van der Waals surface area contributed by atoms with E-state index in [2.05, 4.69) is 15.3 Å². The Hall–Kier alpha value is -1.95. The molecule has 2 aromatic rings.